The highest BCUT2D eigenvalue weighted by molar-refractivity contribution is 5.71. The molecule has 4 aromatic heterocycles. The van der Waals surface area contributed by atoms with E-state index in [1.165, 1.54) is 0 Å². The lowest BCUT2D eigenvalue weighted by atomic mass is 9.99. The van der Waals surface area contributed by atoms with Crippen molar-refractivity contribution in [1.29, 1.82) is 0 Å². The van der Waals surface area contributed by atoms with Crippen molar-refractivity contribution in [1.82, 2.24) is 34.3 Å². The van der Waals surface area contributed by atoms with E-state index >= 15 is 0 Å². The Morgan fingerprint density at radius 3 is 2.72 bits per heavy atom. The van der Waals surface area contributed by atoms with Crippen molar-refractivity contribution < 1.29 is 4.79 Å². The summed E-state index contributed by atoms with van der Waals surface area (Å²) in [5.41, 5.74) is 2.38. The fourth-order valence-corrected chi connectivity index (χ4v) is 3.77. The van der Waals surface area contributed by atoms with Crippen molar-refractivity contribution >= 4 is 29.5 Å². The number of fused-ring (bicyclic) bond motifs is 1. The molecule has 0 saturated carbocycles. The number of rotatable bonds is 9. The first-order valence-electron chi connectivity index (χ1n) is 10.6. The van der Waals surface area contributed by atoms with E-state index in [-0.39, 0.29) is 5.92 Å². The Labute approximate surface area is 186 Å². The summed E-state index contributed by atoms with van der Waals surface area (Å²) in [5, 5.41) is 16.2. The van der Waals surface area contributed by atoms with Crippen LogP contribution in [0.3, 0.4) is 0 Å². The lowest BCUT2D eigenvalue weighted by Gasteiger charge is -2.19. The molecule has 10 nitrogen and oxygen atoms in total. The first-order valence-corrected chi connectivity index (χ1v) is 10.6. The number of aryl methyl sites for hydroxylation is 1. The molecule has 0 aromatic carbocycles. The van der Waals surface area contributed by atoms with Gasteiger partial charge in [-0.05, 0) is 24.6 Å². The largest absolute Gasteiger partial charge is 0.364 e. The van der Waals surface area contributed by atoms with Gasteiger partial charge in [-0.3, -0.25) is 9.08 Å². The number of carbonyl (C=O) groups is 1. The number of hydrogen-bond acceptors (Lipinski definition) is 8. The number of anilines is 3. The van der Waals surface area contributed by atoms with Crippen LogP contribution >= 0.6 is 0 Å². The Morgan fingerprint density at radius 2 is 2.03 bits per heavy atom. The van der Waals surface area contributed by atoms with E-state index in [9.17, 15) is 4.79 Å². The van der Waals surface area contributed by atoms with Crippen LogP contribution in [0.1, 0.15) is 37.9 Å². The van der Waals surface area contributed by atoms with Crippen LogP contribution in [0.15, 0.2) is 36.7 Å². The van der Waals surface area contributed by atoms with Gasteiger partial charge in [-0.1, -0.05) is 13.3 Å². The van der Waals surface area contributed by atoms with Gasteiger partial charge in [0, 0.05) is 51.3 Å². The molecule has 0 radical (unpaired) electrons. The summed E-state index contributed by atoms with van der Waals surface area (Å²) in [6, 6.07) is 7.74. The number of aromatic nitrogens is 7. The molecule has 0 fully saturated rings. The summed E-state index contributed by atoms with van der Waals surface area (Å²) in [6.07, 6.45) is 6.67. The molecule has 0 amide bonds. The summed E-state index contributed by atoms with van der Waals surface area (Å²) in [4.78, 5) is 22.3. The standard InChI is InChI=1S/C22H27N9O/c1-5-6-15(9-12-32)21-28-27-19-13-16(14-20(29(2)3)31(19)21)17-7-10-23-22(25-17)26-18-8-11-24-30(18)4/h7-8,10-15H,5-6,9H2,1-4H3,(H,23,25,26). The lowest BCUT2D eigenvalue weighted by Crippen LogP contribution is -2.16. The highest BCUT2D eigenvalue weighted by Gasteiger charge is 2.21. The average molecular weight is 434 g/mol. The van der Waals surface area contributed by atoms with Gasteiger partial charge >= 0.3 is 0 Å². The number of aldehydes is 1. The molecule has 10 heteroatoms. The van der Waals surface area contributed by atoms with Crippen molar-refractivity contribution in [2.24, 2.45) is 7.05 Å². The minimum atomic E-state index is 0.0331. The van der Waals surface area contributed by atoms with Crippen molar-refractivity contribution in [2.45, 2.75) is 32.1 Å². The molecule has 0 saturated heterocycles. The van der Waals surface area contributed by atoms with Crippen molar-refractivity contribution in [2.75, 3.05) is 24.3 Å². The second-order valence-electron chi connectivity index (χ2n) is 7.87. The van der Waals surface area contributed by atoms with E-state index < -0.39 is 0 Å². The quantitative estimate of drug-likeness (QED) is 0.401. The number of pyridine rings is 1. The van der Waals surface area contributed by atoms with Gasteiger partial charge in [-0.2, -0.15) is 5.10 Å². The molecule has 32 heavy (non-hydrogen) atoms. The van der Waals surface area contributed by atoms with Gasteiger partial charge in [-0.15, -0.1) is 10.2 Å². The third-order valence-electron chi connectivity index (χ3n) is 5.36. The van der Waals surface area contributed by atoms with Gasteiger partial charge in [-0.25, -0.2) is 9.97 Å². The first kappa shape index (κ1) is 21.4. The molecule has 0 aliphatic carbocycles. The van der Waals surface area contributed by atoms with Gasteiger partial charge in [0.1, 0.15) is 23.7 Å². The zero-order valence-electron chi connectivity index (χ0n) is 18.7. The van der Waals surface area contributed by atoms with Crippen molar-refractivity contribution in [3.05, 3.63) is 42.5 Å². The number of carbonyl (C=O) groups excluding carboxylic acids is 1. The normalized spacial score (nSPS) is 12.1. The molecular formula is C22H27N9O. The Bertz CT molecular complexity index is 1230. The highest BCUT2D eigenvalue weighted by atomic mass is 16.1. The predicted molar refractivity (Wildman–Crippen MR) is 123 cm³/mol. The molecule has 1 atom stereocenters. The van der Waals surface area contributed by atoms with E-state index in [1.807, 2.05) is 48.6 Å². The van der Waals surface area contributed by atoms with E-state index in [0.29, 0.717) is 18.0 Å². The topological polar surface area (TPSA) is 106 Å². The van der Waals surface area contributed by atoms with Gasteiger partial charge in [0.15, 0.2) is 5.65 Å². The Morgan fingerprint density at radius 1 is 1.19 bits per heavy atom. The molecule has 4 aromatic rings. The van der Waals surface area contributed by atoms with Crippen molar-refractivity contribution in [3.8, 4) is 11.3 Å². The van der Waals surface area contributed by atoms with E-state index in [0.717, 1.165) is 47.8 Å². The number of nitrogens with zero attached hydrogens (tertiary/aromatic N) is 8. The summed E-state index contributed by atoms with van der Waals surface area (Å²) < 4.78 is 3.75. The fourth-order valence-electron chi connectivity index (χ4n) is 3.77. The third-order valence-corrected chi connectivity index (χ3v) is 5.36. The van der Waals surface area contributed by atoms with Crippen LogP contribution < -0.4 is 10.2 Å². The summed E-state index contributed by atoms with van der Waals surface area (Å²) in [7, 11) is 5.81. The molecular weight excluding hydrogens is 406 g/mol. The lowest BCUT2D eigenvalue weighted by molar-refractivity contribution is -0.108. The second-order valence-corrected chi connectivity index (χ2v) is 7.87. The van der Waals surface area contributed by atoms with Gasteiger partial charge in [0.2, 0.25) is 5.95 Å². The van der Waals surface area contributed by atoms with Gasteiger partial charge in [0.25, 0.3) is 0 Å². The Kier molecular flexibility index (Phi) is 6.11. The Balaban J connectivity index is 1.77. The van der Waals surface area contributed by atoms with Crippen LogP contribution in [0.25, 0.3) is 16.9 Å². The molecule has 0 bridgehead atoms. The SMILES string of the molecule is CCCC(CC=O)c1nnc2cc(-c3ccnc(Nc4ccnn4C)n3)cc(N(C)C)n12. The monoisotopic (exact) mass is 433 g/mol. The summed E-state index contributed by atoms with van der Waals surface area (Å²) in [6.45, 7) is 2.11. The maximum Gasteiger partial charge on any atom is 0.228 e. The molecule has 4 rings (SSSR count). The van der Waals surface area contributed by atoms with E-state index in [2.05, 4.69) is 43.6 Å². The Hall–Kier alpha value is -3.82. The molecule has 1 unspecified atom stereocenters. The first-order chi connectivity index (χ1) is 15.5. The fraction of sp³-hybridized carbons (Fsp3) is 0.364. The zero-order chi connectivity index (χ0) is 22.7. The smallest absolute Gasteiger partial charge is 0.228 e. The van der Waals surface area contributed by atoms with Crippen LogP contribution in [-0.2, 0) is 11.8 Å². The molecule has 166 valence electrons. The van der Waals surface area contributed by atoms with Gasteiger partial charge in [0.05, 0.1) is 11.9 Å². The van der Waals surface area contributed by atoms with Crippen molar-refractivity contribution in [3.63, 3.8) is 0 Å². The molecule has 1 N–H and O–H groups in total. The molecule has 0 aliphatic rings. The summed E-state index contributed by atoms with van der Waals surface area (Å²) >= 11 is 0. The van der Waals surface area contributed by atoms with Crippen LogP contribution in [0, 0.1) is 0 Å². The average Bonchev–Trinajstić information content (AvgIpc) is 3.39. The van der Waals surface area contributed by atoms with Crippen LogP contribution in [0.5, 0.6) is 0 Å². The molecule has 4 heterocycles. The van der Waals surface area contributed by atoms with Crippen LogP contribution in [0.4, 0.5) is 17.6 Å². The zero-order valence-corrected chi connectivity index (χ0v) is 18.7. The van der Waals surface area contributed by atoms with E-state index in [4.69, 9.17) is 0 Å². The summed E-state index contributed by atoms with van der Waals surface area (Å²) in [5.74, 6) is 3.04. The maximum absolute atomic E-state index is 11.3. The minimum Gasteiger partial charge on any atom is -0.364 e. The highest BCUT2D eigenvalue weighted by Crippen LogP contribution is 2.30. The third kappa shape index (κ3) is 4.16. The second kappa shape index (κ2) is 9.13. The van der Waals surface area contributed by atoms with Gasteiger partial charge < -0.3 is 15.0 Å². The predicted octanol–water partition coefficient (Wildman–Crippen LogP) is 3.20. The molecule has 0 aliphatic heterocycles. The van der Waals surface area contributed by atoms with Crippen LogP contribution in [0.2, 0.25) is 0 Å². The van der Waals surface area contributed by atoms with E-state index in [1.54, 1.807) is 17.1 Å². The minimum absolute atomic E-state index is 0.0331. The number of nitrogens with one attached hydrogen (secondary N) is 1. The van der Waals surface area contributed by atoms with Crippen LogP contribution in [-0.4, -0.2) is 54.7 Å². The number of hydrogen-bond donors (Lipinski definition) is 1. The maximum atomic E-state index is 11.3. The molecule has 0 spiro atoms.